The number of ether oxygens (including phenoxy) is 3. The molecule has 0 aromatic heterocycles. The Labute approximate surface area is 190 Å². The molecule has 2 aromatic rings. The Morgan fingerprint density at radius 3 is 1.88 bits per heavy atom. The number of amides is 2. The number of benzene rings is 2. The molecule has 0 saturated carbocycles. The van der Waals surface area contributed by atoms with Gasteiger partial charge in [0.05, 0.1) is 21.3 Å². The van der Waals surface area contributed by atoms with E-state index in [2.05, 4.69) is 10.6 Å². The minimum absolute atomic E-state index is 0.0195. The summed E-state index contributed by atoms with van der Waals surface area (Å²) in [7, 11) is 4.72. The van der Waals surface area contributed by atoms with E-state index >= 15 is 0 Å². The van der Waals surface area contributed by atoms with E-state index < -0.39 is 0 Å². The summed E-state index contributed by atoms with van der Waals surface area (Å²) < 4.78 is 16.1. The first-order chi connectivity index (χ1) is 15.6. The highest BCUT2D eigenvalue weighted by Crippen LogP contribution is 2.39. The van der Waals surface area contributed by atoms with Gasteiger partial charge >= 0.3 is 0 Å². The average Bonchev–Trinajstić information content (AvgIpc) is 2.82. The molecule has 0 unspecified atom stereocenters. The second-order valence-electron chi connectivity index (χ2n) is 7.39. The Balaban J connectivity index is 1.61. The molecule has 2 N–H and O–H groups in total. The number of methoxy groups -OCH3 is 3. The van der Waals surface area contributed by atoms with Gasteiger partial charge in [-0.2, -0.15) is 0 Å². The molecule has 0 fully saturated rings. The molecule has 0 bridgehead atoms. The summed E-state index contributed by atoms with van der Waals surface area (Å²) in [6, 6.07) is 13.8. The molecule has 0 spiro atoms. The fourth-order valence-corrected chi connectivity index (χ4v) is 3.44. The molecule has 7 nitrogen and oxygen atoms in total. The van der Waals surface area contributed by atoms with Crippen LogP contribution in [-0.4, -0.2) is 46.2 Å². The molecule has 174 valence electrons. The molecule has 0 aliphatic rings. The summed E-state index contributed by atoms with van der Waals surface area (Å²) in [4.78, 5) is 24.0. The normalized spacial score (nSPS) is 10.3. The summed E-state index contributed by atoms with van der Waals surface area (Å²) in [5, 5.41) is 5.85. The van der Waals surface area contributed by atoms with Gasteiger partial charge in [-0.25, -0.2) is 0 Å². The van der Waals surface area contributed by atoms with Gasteiger partial charge in [-0.1, -0.05) is 36.4 Å². The highest BCUT2D eigenvalue weighted by atomic mass is 16.5. The summed E-state index contributed by atoms with van der Waals surface area (Å²) >= 11 is 0. The van der Waals surface area contributed by atoms with Gasteiger partial charge in [0.25, 0.3) is 0 Å². The van der Waals surface area contributed by atoms with Gasteiger partial charge in [-0.3, -0.25) is 9.59 Å². The fraction of sp³-hybridized carbons (Fsp3) is 0.440. The molecular weight excluding hydrogens is 408 g/mol. The van der Waals surface area contributed by atoms with Gasteiger partial charge in [0.2, 0.25) is 17.6 Å². The second kappa shape index (κ2) is 14.0. The molecule has 0 heterocycles. The quantitative estimate of drug-likeness (QED) is 0.439. The van der Waals surface area contributed by atoms with E-state index in [9.17, 15) is 9.59 Å². The van der Waals surface area contributed by atoms with Gasteiger partial charge in [0, 0.05) is 31.5 Å². The second-order valence-corrected chi connectivity index (χ2v) is 7.39. The van der Waals surface area contributed by atoms with E-state index in [1.54, 1.807) is 21.3 Å². The third-order valence-corrected chi connectivity index (χ3v) is 5.14. The summed E-state index contributed by atoms with van der Waals surface area (Å²) in [6.07, 6.45) is 3.63. The zero-order valence-electron chi connectivity index (χ0n) is 19.2. The molecule has 0 aliphatic heterocycles. The lowest BCUT2D eigenvalue weighted by Crippen LogP contribution is -2.26. The zero-order valence-corrected chi connectivity index (χ0v) is 19.2. The maximum Gasteiger partial charge on any atom is 0.220 e. The lowest BCUT2D eigenvalue weighted by molar-refractivity contribution is -0.123. The Kier molecular flexibility index (Phi) is 10.9. The van der Waals surface area contributed by atoms with Crippen molar-refractivity contribution in [1.82, 2.24) is 10.6 Å². The average molecular weight is 443 g/mol. The van der Waals surface area contributed by atoms with Crippen LogP contribution in [0.15, 0.2) is 42.5 Å². The lowest BCUT2D eigenvalue weighted by Gasteiger charge is -2.16. The minimum atomic E-state index is -0.0195. The molecular formula is C25H34N2O5. The van der Waals surface area contributed by atoms with Crippen LogP contribution in [0.1, 0.15) is 36.8 Å². The van der Waals surface area contributed by atoms with Crippen LogP contribution in [0.4, 0.5) is 0 Å². The Morgan fingerprint density at radius 2 is 1.31 bits per heavy atom. The number of unbranched alkanes of at least 4 members (excludes halogenated alkanes) is 1. The van der Waals surface area contributed by atoms with Crippen LogP contribution in [0, 0.1) is 0 Å². The predicted octanol–water partition coefficient (Wildman–Crippen LogP) is 3.29. The third-order valence-electron chi connectivity index (χ3n) is 5.14. The number of hydrogen-bond acceptors (Lipinski definition) is 5. The molecule has 32 heavy (non-hydrogen) atoms. The topological polar surface area (TPSA) is 85.9 Å². The van der Waals surface area contributed by atoms with Gasteiger partial charge in [0.1, 0.15) is 0 Å². The molecule has 0 saturated heterocycles. The number of nitrogens with one attached hydrogen (secondary N) is 2. The maximum absolute atomic E-state index is 12.1. The first-order valence-electron chi connectivity index (χ1n) is 10.9. The molecule has 0 radical (unpaired) electrons. The summed E-state index contributed by atoms with van der Waals surface area (Å²) in [5.41, 5.74) is 2.13. The SMILES string of the molecule is COc1ccc(CCNC(=O)CCCCC(=O)NCCc2ccccc2)c(OC)c1OC. The van der Waals surface area contributed by atoms with Gasteiger partial charge in [-0.15, -0.1) is 0 Å². The van der Waals surface area contributed by atoms with Gasteiger partial charge < -0.3 is 24.8 Å². The van der Waals surface area contributed by atoms with Crippen LogP contribution in [0.25, 0.3) is 0 Å². The molecule has 2 amide bonds. The first kappa shape index (κ1) is 25.0. The van der Waals surface area contributed by atoms with Crippen molar-refractivity contribution >= 4 is 11.8 Å². The van der Waals surface area contributed by atoms with Crippen LogP contribution in [0.3, 0.4) is 0 Å². The van der Waals surface area contributed by atoms with Crippen molar-refractivity contribution in [3.63, 3.8) is 0 Å². The minimum Gasteiger partial charge on any atom is -0.493 e. The van der Waals surface area contributed by atoms with Crippen molar-refractivity contribution < 1.29 is 23.8 Å². The monoisotopic (exact) mass is 442 g/mol. The van der Waals surface area contributed by atoms with Crippen LogP contribution in [-0.2, 0) is 22.4 Å². The Morgan fingerprint density at radius 1 is 0.719 bits per heavy atom. The van der Waals surface area contributed by atoms with Crippen molar-refractivity contribution in [1.29, 1.82) is 0 Å². The number of carbonyl (C=O) groups is 2. The Bertz CT molecular complexity index is 855. The molecule has 0 atom stereocenters. The maximum atomic E-state index is 12.1. The molecule has 2 rings (SSSR count). The van der Waals surface area contributed by atoms with E-state index in [0.29, 0.717) is 62.4 Å². The standard InChI is InChI=1S/C25H34N2O5/c1-30-21-14-13-20(24(31-2)25(21)32-3)16-18-27-23(29)12-8-7-11-22(28)26-17-15-19-9-5-4-6-10-19/h4-6,9-10,13-14H,7-8,11-12,15-18H2,1-3H3,(H,26,28)(H,27,29). The summed E-state index contributed by atoms with van der Waals surface area (Å²) in [5.74, 6) is 1.76. The predicted molar refractivity (Wildman–Crippen MR) is 124 cm³/mol. The van der Waals surface area contributed by atoms with Crippen molar-refractivity contribution in [2.24, 2.45) is 0 Å². The van der Waals surface area contributed by atoms with Crippen molar-refractivity contribution in [3.05, 3.63) is 53.6 Å². The van der Waals surface area contributed by atoms with Crippen LogP contribution < -0.4 is 24.8 Å². The van der Waals surface area contributed by atoms with Crippen LogP contribution >= 0.6 is 0 Å². The largest absolute Gasteiger partial charge is 0.493 e. The number of rotatable bonds is 14. The highest BCUT2D eigenvalue weighted by Gasteiger charge is 2.15. The van der Waals surface area contributed by atoms with E-state index in [1.165, 1.54) is 5.56 Å². The third kappa shape index (κ3) is 8.13. The van der Waals surface area contributed by atoms with Gasteiger partial charge in [-0.05, 0) is 37.3 Å². The van der Waals surface area contributed by atoms with E-state index in [-0.39, 0.29) is 11.8 Å². The molecule has 0 aliphatic carbocycles. The fourth-order valence-electron chi connectivity index (χ4n) is 3.44. The summed E-state index contributed by atoms with van der Waals surface area (Å²) in [6.45, 7) is 1.12. The smallest absolute Gasteiger partial charge is 0.220 e. The van der Waals surface area contributed by atoms with Gasteiger partial charge in [0.15, 0.2) is 11.5 Å². The molecule has 2 aromatic carbocycles. The molecule has 7 heteroatoms. The van der Waals surface area contributed by atoms with Crippen molar-refractivity contribution in [2.45, 2.75) is 38.5 Å². The van der Waals surface area contributed by atoms with Crippen molar-refractivity contribution in [2.75, 3.05) is 34.4 Å². The number of carbonyl (C=O) groups excluding carboxylic acids is 2. The Hall–Kier alpha value is -3.22. The highest BCUT2D eigenvalue weighted by molar-refractivity contribution is 5.77. The van der Waals surface area contributed by atoms with Crippen LogP contribution in [0.5, 0.6) is 17.2 Å². The van der Waals surface area contributed by atoms with E-state index in [4.69, 9.17) is 14.2 Å². The van der Waals surface area contributed by atoms with E-state index in [0.717, 1.165) is 12.0 Å². The van der Waals surface area contributed by atoms with Crippen LogP contribution in [0.2, 0.25) is 0 Å². The van der Waals surface area contributed by atoms with Crippen molar-refractivity contribution in [3.8, 4) is 17.2 Å². The zero-order chi connectivity index (χ0) is 23.2. The lowest BCUT2D eigenvalue weighted by atomic mass is 10.1. The first-order valence-corrected chi connectivity index (χ1v) is 10.9. The van der Waals surface area contributed by atoms with E-state index in [1.807, 2.05) is 42.5 Å². The number of hydrogen-bond donors (Lipinski definition) is 2.